The van der Waals surface area contributed by atoms with Crippen LogP contribution in [0.5, 0.6) is 0 Å². The summed E-state index contributed by atoms with van der Waals surface area (Å²) in [6, 6.07) is 9.82. The van der Waals surface area contributed by atoms with Gasteiger partial charge in [-0.3, -0.25) is 9.89 Å². The molecule has 0 aliphatic rings. The molecule has 96 valence electrons. The molecule has 0 bridgehead atoms. The van der Waals surface area contributed by atoms with Crippen LogP contribution in [0.25, 0.3) is 16.9 Å². The molecule has 5 heteroatoms. The first kappa shape index (κ1) is 12.0. The molecule has 0 spiro atoms. The quantitative estimate of drug-likeness (QED) is 0.741. The fourth-order valence-electron chi connectivity index (χ4n) is 2.13. The Labute approximate surface area is 114 Å². The van der Waals surface area contributed by atoms with Crippen molar-refractivity contribution in [2.45, 2.75) is 13.8 Å². The number of aromatic nitrogens is 3. The van der Waals surface area contributed by atoms with Crippen LogP contribution in [0.1, 0.15) is 11.3 Å². The molecule has 0 unspecified atom stereocenters. The zero-order valence-corrected chi connectivity index (χ0v) is 11.3. The SMILES string of the molecule is Cc1ccccc1-c1cc2nc(C)c(Cl)c(=O)n2[nH]1. The van der Waals surface area contributed by atoms with Crippen molar-refractivity contribution in [2.75, 3.05) is 0 Å². The van der Waals surface area contributed by atoms with E-state index in [2.05, 4.69) is 10.1 Å². The van der Waals surface area contributed by atoms with Gasteiger partial charge in [0.2, 0.25) is 0 Å². The Kier molecular flexibility index (Phi) is 2.68. The molecule has 19 heavy (non-hydrogen) atoms. The van der Waals surface area contributed by atoms with Crippen LogP contribution in [0.3, 0.4) is 0 Å². The fraction of sp³-hybridized carbons (Fsp3) is 0.143. The molecule has 1 aromatic carbocycles. The summed E-state index contributed by atoms with van der Waals surface area (Å²) in [6.45, 7) is 3.75. The Morgan fingerprint density at radius 3 is 2.74 bits per heavy atom. The molecule has 0 aliphatic carbocycles. The highest BCUT2D eigenvalue weighted by Crippen LogP contribution is 2.22. The second-order valence-corrected chi connectivity index (χ2v) is 4.87. The first-order chi connectivity index (χ1) is 9.08. The average Bonchev–Trinajstić information content (AvgIpc) is 2.80. The first-order valence-corrected chi connectivity index (χ1v) is 6.29. The highest BCUT2D eigenvalue weighted by atomic mass is 35.5. The number of nitrogens with one attached hydrogen (secondary N) is 1. The third-order valence-electron chi connectivity index (χ3n) is 3.16. The van der Waals surface area contributed by atoms with E-state index in [1.165, 1.54) is 4.52 Å². The maximum atomic E-state index is 12.0. The molecule has 0 radical (unpaired) electrons. The maximum Gasteiger partial charge on any atom is 0.291 e. The number of halogens is 1. The minimum atomic E-state index is -0.274. The van der Waals surface area contributed by atoms with Crippen LogP contribution in [0.2, 0.25) is 5.02 Å². The Morgan fingerprint density at radius 1 is 1.26 bits per heavy atom. The predicted molar refractivity (Wildman–Crippen MR) is 75.7 cm³/mol. The number of hydrogen-bond donors (Lipinski definition) is 1. The van der Waals surface area contributed by atoms with Gasteiger partial charge in [-0.25, -0.2) is 4.98 Å². The molecule has 3 rings (SSSR count). The summed E-state index contributed by atoms with van der Waals surface area (Å²) in [4.78, 5) is 16.4. The first-order valence-electron chi connectivity index (χ1n) is 5.92. The molecule has 1 N–H and O–H groups in total. The third-order valence-corrected chi connectivity index (χ3v) is 3.60. The third kappa shape index (κ3) is 1.85. The molecule has 0 fully saturated rings. The summed E-state index contributed by atoms with van der Waals surface area (Å²) in [6.07, 6.45) is 0. The number of fused-ring (bicyclic) bond motifs is 1. The van der Waals surface area contributed by atoms with Gasteiger partial charge in [0.25, 0.3) is 5.56 Å². The van der Waals surface area contributed by atoms with Crippen molar-refractivity contribution in [3.8, 4) is 11.3 Å². The van der Waals surface area contributed by atoms with E-state index in [1.54, 1.807) is 6.92 Å². The molecule has 0 aliphatic heterocycles. The van der Waals surface area contributed by atoms with E-state index in [0.29, 0.717) is 11.3 Å². The lowest BCUT2D eigenvalue weighted by Crippen LogP contribution is -2.16. The van der Waals surface area contributed by atoms with E-state index >= 15 is 0 Å². The molecule has 0 saturated heterocycles. The smallest absolute Gasteiger partial charge is 0.289 e. The Morgan fingerprint density at radius 2 is 2.00 bits per heavy atom. The number of H-pyrrole nitrogens is 1. The van der Waals surface area contributed by atoms with Gasteiger partial charge in [0.1, 0.15) is 5.02 Å². The minimum Gasteiger partial charge on any atom is -0.289 e. The summed E-state index contributed by atoms with van der Waals surface area (Å²) in [5.74, 6) is 0. The number of benzene rings is 1. The van der Waals surface area contributed by atoms with E-state index in [-0.39, 0.29) is 10.6 Å². The maximum absolute atomic E-state index is 12.0. The number of rotatable bonds is 1. The molecule has 4 nitrogen and oxygen atoms in total. The Balaban J connectivity index is 2.32. The molecule has 0 saturated carbocycles. The van der Waals surface area contributed by atoms with Gasteiger partial charge in [-0.2, -0.15) is 4.52 Å². The van der Waals surface area contributed by atoms with Gasteiger partial charge in [0, 0.05) is 11.6 Å². The largest absolute Gasteiger partial charge is 0.291 e. The zero-order valence-electron chi connectivity index (χ0n) is 10.6. The van der Waals surface area contributed by atoms with Crippen molar-refractivity contribution in [1.29, 1.82) is 0 Å². The van der Waals surface area contributed by atoms with Crippen molar-refractivity contribution in [2.24, 2.45) is 0 Å². The van der Waals surface area contributed by atoms with Crippen LogP contribution in [0.4, 0.5) is 0 Å². The van der Waals surface area contributed by atoms with Gasteiger partial charge in [-0.05, 0) is 19.4 Å². The second kappa shape index (κ2) is 4.24. The molecular formula is C14H12ClN3O. The number of aryl methyl sites for hydroxylation is 2. The molecule has 2 aromatic heterocycles. The van der Waals surface area contributed by atoms with Crippen molar-refractivity contribution in [3.63, 3.8) is 0 Å². The van der Waals surface area contributed by atoms with Crippen LogP contribution in [-0.4, -0.2) is 14.6 Å². The van der Waals surface area contributed by atoms with Gasteiger partial charge in [0.15, 0.2) is 5.65 Å². The lowest BCUT2D eigenvalue weighted by molar-refractivity contribution is 0.893. The van der Waals surface area contributed by atoms with Crippen molar-refractivity contribution in [1.82, 2.24) is 14.6 Å². The summed E-state index contributed by atoms with van der Waals surface area (Å²) in [5.41, 5.74) is 3.87. The molecule has 2 heterocycles. The van der Waals surface area contributed by atoms with E-state index in [9.17, 15) is 4.79 Å². The average molecular weight is 274 g/mol. The summed E-state index contributed by atoms with van der Waals surface area (Å²) < 4.78 is 1.37. The standard InChI is InChI=1S/C14H12ClN3O/c1-8-5-3-4-6-10(8)11-7-12-16-9(2)13(15)14(19)18(12)17-11/h3-7,17H,1-2H3. The van der Waals surface area contributed by atoms with Gasteiger partial charge in [-0.15, -0.1) is 0 Å². The summed E-state index contributed by atoms with van der Waals surface area (Å²) >= 11 is 5.93. The van der Waals surface area contributed by atoms with Crippen LogP contribution < -0.4 is 5.56 Å². The lowest BCUT2D eigenvalue weighted by atomic mass is 10.1. The van der Waals surface area contributed by atoms with Crippen LogP contribution >= 0.6 is 11.6 Å². The summed E-state index contributed by atoms with van der Waals surface area (Å²) in [5, 5.41) is 3.20. The van der Waals surface area contributed by atoms with E-state index in [0.717, 1.165) is 16.8 Å². The van der Waals surface area contributed by atoms with Gasteiger partial charge in [-0.1, -0.05) is 35.9 Å². The highest BCUT2D eigenvalue weighted by molar-refractivity contribution is 6.31. The number of nitrogens with zero attached hydrogens (tertiary/aromatic N) is 2. The minimum absolute atomic E-state index is 0.149. The van der Waals surface area contributed by atoms with Crippen LogP contribution in [-0.2, 0) is 0 Å². The zero-order chi connectivity index (χ0) is 13.6. The highest BCUT2D eigenvalue weighted by Gasteiger charge is 2.11. The van der Waals surface area contributed by atoms with Crippen LogP contribution in [0.15, 0.2) is 35.1 Å². The number of hydrogen-bond acceptors (Lipinski definition) is 2. The fourth-order valence-corrected chi connectivity index (χ4v) is 2.25. The van der Waals surface area contributed by atoms with E-state index < -0.39 is 0 Å². The van der Waals surface area contributed by atoms with Crippen molar-refractivity contribution < 1.29 is 0 Å². The topological polar surface area (TPSA) is 50.2 Å². The van der Waals surface area contributed by atoms with E-state index in [1.807, 2.05) is 37.3 Å². The van der Waals surface area contributed by atoms with Gasteiger partial charge < -0.3 is 0 Å². The lowest BCUT2D eigenvalue weighted by Gasteiger charge is -2.01. The van der Waals surface area contributed by atoms with Crippen molar-refractivity contribution >= 4 is 17.2 Å². The molecule has 0 atom stereocenters. The van der Waals surface area contributed by atoms with Crippen LogP contribution in [0, 0.1) is 13.8 Å². The Bertz CT molecular complexity index is 832. The normalized spacial score (nSPS) is 11.1. The molecule has 3 aromatic rings. The molecular weight excluding hydrogens is 262 g/mol. The van der Waals surface area contributed by atoms with Gasteiger partial charge in [0.05, 0.1) is 11.4 Å². The predicted octanol–water partition coefficient (Wildman–Crippen LogP) is 2.96. The molecule has 0 amide bonds. The Hall–Kier alpha value is -2.07. The second-order valence-electron chi connectivity index (χ2n) is 4.49. The summed E-state index contributed by atoms with van der Waals surface area (Å²) in [7, 11) is 0. The number of aromatic amines is 1. The van der Waals surface area contributed by atoms with E-state index in [4.69, 9.17) is 11.6 Å². The van der Waals surface area contributed by atoms with Gasteiger partial charge >= 0.3 is 0 Å². The monoisotopic (exact) mass is 273 g/mol. The van der Waals surface area contributed by atoms with Crippen molar-refractivity contribution in [3.05, 3.63) is 57.0 Å².